The van der Waals surface area contributed by atoms with E-state index in [0.717, 1.165) is 41.2 Å². The monoisotopic (exact) mass is 336 g/mol. The molecule has 0 unspecified atom stereocenters. The van der Waals surface area contributed by atoms with Crippen molar-refractivity contribution in [2.24, 2.45) is 7.05 Å². The van der Waals surface area contributed by atoms with Gasteiger partial charge < -0.3 is 10.2 Å². The van der Waals surface area contributed by atoms with Crippen LogP contribution in [0, 0.1) is 0 Å². The van der Waals surface area contributed by atoms with Crippen LogP contribution < -0.4 is 5.32 Å². The summed E-state index contributed by atoms with van der Waals surface area (Å²) in [6.07, 6.45) is 4.50. The number of hydrogen-bond donors (Lipinski definition) is 2. The molecule has 3 heterocycles. The number of aromatic amines is 1. The lowest BCUT2D eigenvalue weighted by molar-refractivity contribution is -0.129. The number of nitrogens with zero attached hydrogens (tertiary/aromatic N) is 4. The van der Waals surface area contributed by atoms with Crippen LogP contribution in [-0.4, -0.2) is 37.3 Å². The second-order valence-corrected chi connectivity index (χ2v) is 6.28. The van der Waals surface area contributed by atoms with Gasteiger partial charge in [0.15, 0.2) is 5.82 Å². The van der Waals surface area contributed by atoms with Crippen LogP contribution in [0.5, 0.6) is 0 Å². The van der Waals surface area contributed by atoms with Crippen molar-refractivity contribution in [3.63, 3.8) is 0 Å². The molecule has 0 saturated carbocycles. The van der Waals surface area contributed by atoms with Gasteiger partial charge in [0.25, 0.3) is 0 Å². The van der Waals surface area contributed by atoms with E-state index in [1.807, 2.05) is 47.1 Å². The summed E-state index contributed by atoms with van der Waals surface area (Å²) < 4.78 is 1.91. The standard InChI is InChI=1S/C18H20N6O/c1-12(25)24-8-7-17-16(11-24)18(22-23(17)2)21-15-5-3-13(4-6-15)14-9-19-20-10-14/h3-6,9-10H,7-8,11H2,1-2H3,(H,19,20)(H,21,22). The molecular weight excluding hydrogens is 316 g/mol. The molecule has 4 rings (SSSR count). The predicted octanol–water partition coefficient (Wildman–Crippen LogP) is 2.46. The molecule has 7 nitrogen and oxygen atoms in total. The number of carbonyl (C=O) groups excluding carboxylic acids is 1. The van der Waals surface area contributed by atoms with Crippen molar-refractivity contribution in [1.82, 2.24) is 24.9 Å². The van der Waals surface area contributed by atoms with Gasteiger partial charge in [-0.05, 0) is 17.7 Å². The van der Waals surface area contributed by atoms with Gasteiger partial charge >= 0.3 is 0 Å². The summed E-state index contributed by atoms with van der Waals surface area (Å²) in [6, 6.07) is 8.14. The Hall–Kier alpha value is -3.09. The number of nitrogens with one attached hydrogen (secondary N) is 2. The first-order valence-corrected chi connectivity index (χ1v) is 8.28. The molecule has 0 saturated heterocycles. The van der Waals surface area contributed by atoms with Crippen LogP contribution in [0.3, 0.4) is 0 Å². The van der Waals surface area contributed by atoms with Crippen LogP contribution in [0.2, 0.25) is 0 Å². The van der Waals surface area contributed by atoms with Gasteiger partial charge in [0.05, 0.1) is 12.7 Å². The molecule has 7 heteroatoms. The maximum absolute atomic E-state index is 11.7. The summed E-state index contributed by atoms with van der Waals surface area (Å²) in [7, 11) is 1.95. The maximum Gasteiger partial charge on any atom is 0.219 e. The first-order chi connectivity index (χ1) is 12.1. The minimum Gasteiger partial charge on any atom is -0.338 e. The van der Waals surface area contributed by atoms with Gasteiger partial charge in [-0.3, -0.25) is 14.6 Å². The number of benzene rings is 1. The highest BCUT2D eigenvalue weighted by molar-refractivity contribution is 5.74. The highest BCUT2D eigenvalue weighted by Crippen LogP contribution is 2.29. The average Bonchev–Trinajstić information content (AvgIpc) is 3.25. The Kier molecular flexibility index (Phi) is 3.76. The van der Waals surface area contributed by atoms with E-state index in [2.05, 4.69) is 20.6 Å². The second-order valence-electron chi connectivity index (χ2n) is 6.28. The van der Waals surface area contributed by atoms with E-state index in [1.54, 1.807) is 13.1 Å². The third-order valence-electron chi connectivity index (χ3n) is 4.67. The number of hydrogen-bond acceptors (Lipinski definition) is 4. The van der Waals surface area contributed by atoms with E-state index in [9.17, 15) is 4.79 Å². The summed E-state index contributed by atoms with van der Waals surface area (Å²) in [5, 5.41) is 14.8. The lowest BCUT2D eigenvalue weighted by atomic mass is 10.1. The van der Waals surface area contributed by atoms with E-state index < -0.39 is 0 Å². The zero-order chi connectivity index (χ0) is 17.4. The molecule has 1 aliphatic heterocycles. The summed E-state index contributed by atoms with van der Waals surface area (Å²) >= 11 is 0. The normalized spacial score (nSPS) is 13.6. The molecular formula is C18H20N6O. The van der Waals surface area contributed by atoms with Gasteiger partial charge in [0.2, 0.25) is 5.91 Å². The van der Waals surface area contributed by atoms with E-state index in [0.29, 0.717) is 6.54 Å². The highest BCUT2D eigenvalue weighted by Gasteiger charge is 2.25. The molecule has 0 bridgehead atoms. The second kappa shape index (κ2) is 6.08. The molecule has 0 fully saturated rings. The van der Waals surface area contributed by atoms with Crippen molar-refractivity contribution in [3.05, 3.63) is 47.9 Å². The highest BCUT2D eigenvalue weighted by atomic mass is 16.2. The molecule has 0 radical (unpaired) electrons. The Labute approximate surface area is 145 Å². The number of amides is 1. The summed E-state index contributed by atoms with van der Waals surface area (Å²) in [5.41, 5.74) is 5.41. The molecule has 0 aliphatic carbocycles. The van der Waals surface area contributed by atoms with Crippen molar-refractivity contribution in [1.29, 1.82) is 0 Å². The van der Waals surface area contributed by atoms with Gasteiger partial charge in [-0.1, -0.05) is 12.1 Å². The van der Waals surface area contributed by atoms with Gasteiger partial charge in [-0.2, -0.15) is 10.2 Å². The number of carbonyl (C=O) groups is 1. The van der Waals surface area contributed by atoms with Crippen LogP contribution in [0.4, 0.5) is 11.5 Å². The molecule has 3 aromatic rings. The largest absolute Gasteiger partial charge is 0.338 e. The summed E-state index contributed by atoms with van der Waals surface area (Å²) in [4.78, 5) is 13.6. The Bertz CT molecular complexity index is 895. The van der Waals surface area contributed by atoms with E-state index in [1.165, 1.54) is 5.69 Å². The number of aryl methyl sites for hydroxylation is 1. The average molecular weight is 336 g/mol. The molecule has 1 amide bonds. The molecule has 0 atom stereocenters. The molecule has 2 N–H and O–H groups in total. The van der Waals surface area contributed by atoms with Crippen molar-refractivity contribution in [2.45, 2.75) is 19.9 Å². The van der Waals surface area contributed by atoms with E-state index >= 15 is 0 Å². The van der Waals surface area contributed by atoms with Crippen LogP contribution in [0.15, 0.2) is 36.7 Å². The zero-order valence-electron chi connectivity index (χ0n) is 14.3. The topological polar surface area (TPSA) is 78.8 Å². The zero-order valence-corrected chi connectivity index (χ0v) is 14.3. The van der Waals surface area contributed by atoms with Crippen LogP contribution in [0.25, 0.3) is 11.1 Å². The first kappa shape index (κ1) is 15.4. The van der Waals surface area contributed by atoms with Crippen molar-refractivity contribution >= 4 is 17.4 Å². The quantitative estimate of drug-likeness (QED) is 0.770. The smallest absolute Gasteiger partial charge is 0.219 e. The van der Waals surface area contributed by atoms with Gasteiger partial charge in [-0.15, -0.1) is 0 Å². The molecule has 25 heavy (non-hydrogen) atoms. The maximum atomic E-state index is 11.7. The molecule has 1 aliphatic rings. The number of aromatic nitrogens is 4. The lowest BCUT2D eigenvalue weighted by Crippen LogP contribution is -2.34. The number of rotatable bonds is 3. The van der Waals surface area contributed by atoms with E-state index in [4.69, 9.17) is 0 Å². The fourth-order valence-corrected chi connectivity index (χ4v) is 3.25. The van der Waals surface area contributed by atoms with Crippen LogP contribution in [0.1, 0.15) is 18.2 Å². The van der Waals surface area contributed by atoms with Crippen molar-refractivity contribution in [3.8, 4) is 11.1 Å². The minimum absolute atomic E-state index is 0.102. The predicted molar refractivity (Wildman–Crippen MR) is 95.3 cm³/mol. The Balaban J connectivity index is 1.58. The molecule has 128 valence electrons. The Morgan fingerprint density at radius 3 is 2.72 bits per heavy atom. The first-order valence-electron chi connectivity index (χ1n) is 8.28. The van der Waals surface area contributed by atoms with Gasteiger partial charge in [0.1, 0.15) is 0 Å². The van der Waals surface area contributed by atoms with E-state index in [-0.39, 0.29) is 5.91 Å². The molecule has 1 aromatic carbocycles. The number of fused-ring (bicyclic) bond motifs is 1. The number of H-pyrrole nitrogens is 1. The van der Waals surface area contributed by atoms with Gasteiger partial charge in [0, 0.05) is 55.6 Å². The third-order valence-corrected chi connectivity index (χ3v) is 4.67. The molecule has 2 aromatic heterocycles. The lowest BCUT2D eigenvalue weighted by Gasteiger charge is -2.26. The van der Waals surface area contributed by atoms with Crippen molar-refractivity contribution in [2.75, 3.05) is 11.9 Å². The molecule has 0 spiro atoms. The fraction of sp³-hybridized carbons (Fsp3) is 0.278. The summed E-state index contributed by atoms with van der Waals surface area (Å²) in [5.74, 6) is 0.921. The van der Waals surface area contributed by atoms with Crippen molar-refractivity contribution < 1.29 is 4.79 Å². The third kappa shape index (κ3) is 2.88. The van der Waals surface area contributed by atoms with Crippen LogP contribution in [-0.2, 0) is 24.8 Å². The minimum atomic E-state index is 0.102. The van der Waals surface area contributed by atoms with Gasteiger partial charge in [-0.25, -0.2) is 0 Å². The Morgan fingerprint density at radius 2 is 2.04 bits per heavy atom. The Morgan fingerprint density at radius 1 is 1.24 bits per heavy atom. The summed E-state index contributed by atoms with van der Waals surface area (Å²) in [6.45, 7) is 2.97. The fourth-order valence-electron chi connectivity index (χ4n) is 3.25. The number of anilines is 2. The van der Waals surface area contributed by atoms with Crippen LogP contribution >= 0.6 is 0 Å². The SMILES string of the molecule is CC(=O)N1CCc2c(c(Nc3ccc(-c4cn[nH]c4)cc3)nn2C)C1.